The highest BCUT2D eigenvalue weighted by atomic mass is 16.5. The van der Waals surface area contributed by atoms with Crippen LogP contribution in [0.25, 0.3) is 0 Å². The highest BCUT2D eigenvalue weighted by Gasteiger charge is 2.11. The molecule has 3 nitrogen and oxygen atoms in total. The number of methoxy groups -OCH3 is 1. The van der Waals surface area contributed by atoms with E-state index >= 15 is 0 Å². The molecule has 0 heterocycles. The van der Waals surface area contributed by atoms with Gasteiger partial charge in [-0.2, -0.15) is 0 Å². The van der Waals surface area contributed by atoms with Crippen molar-refractivity contribution in [3.63, 3.8) is 0 Å². The summed E-state index contributed by atoms with van der Waals surface area (Å²) in [6, 6.07) is 16.6. The third kappa shape index (κ3) is 3.26. The van der Waals surface area contributed by atoms with E-state index in [-0.39, 0.29) is 12.1 Å². The number of hydrogen-bond acceptors (Lipinski definition) is 3. The van der Waals surface area contributed by atoms with E-state index in [1.807, 2.05) is 42.5 Å². The van der Waals surface area contributed by atoms with Crippen LogP contribution in [0.15, 0.2) is 67.3 Å². The van der Waals surface area contributed by atoms with Crippen molar-refractivity contribution in [2.24, 2.45) is 0 Å². The van der Waals surface area contributed by atoms with Gasteiger partial charge in [-0.1, -0.05) is 36.9 Å². The molecule has 0 amide bonds. The molecule has 102 valence electrons. The molecule has 2 aromatic carbocycles. The number of para-hydroxylation sites is 1. The van der Waals surface area contributed by atoms with Gasteiger partial charge in [-0.15, -0.1) is 0 Å². The number of esters is 1. The molecule has 0 bridgehead atoms. The van der Waals surface area contributed by atoms with Gasteiger partial charge < -0.3 is 9.47 Å². The maximum Gasteiger partial charge on any atom is 0.337 e. The lowest BCUT2D eigenvalue weighted by Gasteiger charge is -2.16. The van der Waals surface area contributed by atoms with Gasteiger partial charge in [0.15, 0.2) is 0 Å². The molecule has 0 saturated carbocycles. The Kier molecular flexibility index (Phi) is 4.56. The highest BCUT2D eigenvalue weighted by Crippen LogP contribution is 2.23. The zero-order valence-electron chi connectivity index (χ0n) is 11.3. The second kappa shape index (κ2) is 6.57. The smallest absolute Gasteiger partial charge is 0.337 e. The number of ether oxygens (including phenoxy) is 2. The molecular weight excluding hydrogens is 252 g/mol. The Morgan fingerprint density at radius 3 is 2.30 bits per heavy atom. The van der Waals surface area contributed by atoms with Crippen LogP contribution in [0.5, 0.6) is 5.75 Å². The molecule has 2 aromatic rings. The van der Waals surface area contributed by atoms with Crippen LogP contribution >= 0.6 is 0 Å². The van der Waals surface area contributed by atoms with Gasteiger partial charge >= 0.3 is 5.97 Å². The molecule has 0 fully saturated rings. The fourth-order valence-corrected chi connectivity index (χ4v) is 1.82. The van der Waals surface area contributed by atoms with E-state index in [4.69, 9.17) is 4.74 Å². The van der Waals surface area contributed by atoms with Crippen molar-refractivity contribution in [3.8, 4) is 5.75 Å². The molecule has 0 N–H and O–H groups in total. The van der Waals surface area contributed by atoms with Crippen molar-refractivity contribution in [1.82, 2.24) is 0 Å². The van der Waals surface area contributed by atoms with Gasteiger partial charge in [0.1, 0.15) is 11.9 Å². The summed E-state index contributed by atoms with van der Waals surface area (Å²) in [5.74, 6) is 0.421. The lowest BCUT2D eigenvalue weighted by molar-refractivity contribution is 0.0600. The third-order valence-corrected chi connectivity index (χ3v) is 2.88. The van der Waals surface area contributed by atoms with Crippen LogP contribution in [0.4, 0.5) is 0 Å². The first kappa shape index (κ1) is 13.9. The molecule has 2 rings (SSSR count). The summed E-state index contributed by atoms with van der Waals surface area (Å²) in [5, 5.41) is 0. The first-order valence-corrected chi connectivity index (χ1v) is 6.27. The van der Waals surface area contributed by atoms with Crippen LogP contribution in [0.3, 0.4) is 0 Å². The van der Waals surface area contributed by atoms with Gasteiger partial charge in [0.25, 0.3) is 0 Å². The minimum absolute atomic E-state index is 0.260. The average molecular weight is 268 g/mol. The predicted octanol–water partition coefficient (Wildman–Crippen LogP) is 3.78. The summed E-state index contributed by atoms with van der Waals surface area (Å²) in [5.41, 5.74) is 1.44. The number of hydrogen-bond donors (Lipinski definition) is 0. The normalized spacial score (nSPS) is 11.4. The van der Waals surface area contributed by atoms with Crippen LogP contribution < -0.4 is 4.74 Å². The van der Waals surface area contributed by atoms with E-state index in [1.54, 1.807) is 18.2 Å². The Balaban J connectivity index is 2.15. The summed E-state index contributed by atoms with van der Waals surface area (Å²) in [6.45, 7) is 3.79. The van der Waals surface area contributed by atoms with Gasteiger partial charge in [-0.05, 0) is 35.9 Å². The Labute approximate surface area is 118 Å². The second-order valence-electron chi connectivity index (χ2n) is 4.20. The first-order valence-electron chi connectivity index (χ1n) is 6.27. The number of carbonyl (C=O) groups excluding carboxylic acids is 1. The summed E-state index contributed by atoms with van der Waals surface area (Å²) >= 11 is 0. The third-order valence-electron chi connectivity index (χ3n) is 2.88. The maximum atomic E-state index is 11.4. The molecular formula is C17H16O3. The average Bonchev–Trinajstić information content (AvgIpc) is 2.53. The van der Waals surface area contributed by atoms with Crippen molar-refractivity contribution >= 4 is 5.97 Å². The van der Waals surface area contributed by atoms with Crippen LogP contribution in [-0.4, -0.2) is 13.1 Å². The maximum absolute atomic E-state index is 11.4. The fraction of sp³-hybridized carbons (Fsp3) is 0.118. The zero-order chi connectivity index (χ0) is 14.4. The summed E-state index contributed by atoms with van der Waals surface area (Å²) in [4.78, 5) is 11.4. The SMILES string of the molecule is C=C[C@H](Oc1ccccc1)c1ccc(C(=O)OC)cc1. The zero-order valence-corrected chi connectivity index (χ0v) is 11.3. The summed E-state index contributed by atoms with van der Waals surface area (Å²) < 4.78 is 10.5. The molecule has 0 spiro atoms. The lowest BCUT2D eigenvalue weighted by atomic mass is 10.1. The molecule has 0 radical (unpaired) electrons. The Bertz CT molecular complexity index is 573. The quantitative estimate of drug-likeness (QED) is 0.611. The van der Waals surface area contributed by atoms with Gasteiger partial charge in [0.05, 0.1) is 12.7 Å². The van der Waals surface area contributed by atoms with E-state index in [1.165, 1.54) is 7.11 Å². The topological polar surface area (TPSA) is 35.5 Å². The standard InChI is InChI=1S/C17H16O3/c1-3-16(20-15-7-5-4-6-8-15)13-9-11-14(12-10-13)17(18)19-2/h3-12,16H,1H2,2H3/t16-/m0/s1. The molecule has 0 aliphatic heterocycles. The molecule has 3 heteroatoms. The van der Waals surface area contributed by atoms with Crippen LogP contribution in [0.2, 0.25) is 0 Å². The minimum Gasteiger partial charge on any atom is -0.482 e. The molecule has 1 atom stereocenters. The predicted molar refractivity (Wildman–Crippen MR) is 77.8 cm³/mol. The molecule has 0 aliphatic rings. The first-order chi connectivity index (χ1) is 9.74. The number of carbonyl (C=O) groups is 1. The highest BCUT2D eigenvalue weighted by molar-refractivity contribution is 5.89. The van der Waals surface area contributed by atoms with Crippen molar-refractivity contribution in [3.05, 3.63) is 78.4 Å². The molecule has 0 aliphatic carbocycles. The molecule has 0 saturated heterocycles. The Morgan fingerprint density at radius 2 is 1.75 bits per heavy atom. The fourth-order valence-electron chi connectivity index (χ4n) is 1.82. The van der Waals surface area contributed by atoms with Gasteiger partial charge in [-0.3, -0.25) is 0 Å². The van der Waals surface area contributed by atoms with E-state index in [0.717, 1.165) is 11.3 Å². The van der Waals surface area contributed by atoms with E-state index in [0.29, 0.717) is 5.56 Å². The van der Waals surface area contributed by atoms with E-state index in [2.05, 4.69) is 11.3 Å². The molecule has 0 unspecified atom stereocenters. The second-order valence-corrected chi connectivity index (χ2v) is 4.20. The largest absolute Gasteiger partial charge is 0.482 e. The van der Waals surface area contributed by atoms with Crippen LogP contribution in [0.1, 0.15) is 22.0 Å². The number of benzene rings is 2. The van der Waals surface area contributed by atoms with E-state index in [9.17, 15) is 4.79 Å². The number of rotatable bonds is 5. The van der Waals surface area contributed by atoms with Crippen molar-refractivity contribution in [1.29, 1.82) is 0 Å². The monoisotopic (exact) mass is 268 g/mol. The van der Waals surface area contributed by atoms with Gasteiger partial charge in [0, 0.05) is 0 Å². The van der Waals surface area contributed by atoms with E-state index < -0.39 is 0 Å². The minimum atomic E-state index is -0.351. The van der Waals surface area contributed by atoms with Gasteiger partial charge in [0.2, 0.25) is 0 Å². The van der Waals surface area contributed by atoms with Crippen molar-refractivity contribution in [2.75, 3.05) is 7.11 Å². The molecule has 0 aromatic heterocycles. The summed E-state index contributed by atoms with van der Waals surface area (Å²) in [6.07, 6.45) is 1.46. The van der Waals surface area contributed by atoms with Gasteiger partial charge in [-0.25, -0.2) is 4.79 Å². The van der Waals surface area contributed by atoms with Crippen molar-refractivity contribution < 1.29 is 14.3 Å². The summed E-state index contributed by atoms with van der Waals surface area (Å²) in [7, 11) is 1.36. The lowest BCUT2D eigenvalue weighted by Crippen LogP contribution is -2.06. The van der Waals surface area contributed by atoms with Crippen LogP contribution in [0, 0.1) is 0 Å². The van der Waals surface area contributed by atoms with Crippen LogP contribution in [-0.2, 0) is 4.74 Å². The Hall–Kier alpha value is -2.55. The molecule has 20 heavy (non-hydrogen) atoms. The van der Waals surface area contributed by atoms with Crippen molar-refractivity contribution in [2.45, 2.75) is 6.10 Å². The Morgan fingerprint density at radius 1 is 1.10 bits per heavy atom.